The molecule has 84 valence electrons. The van der Waals surface area contributed by atoms with Crippen LogP contribution in [0.3, 0.4) is 0 Å². The van der Waals surface area contributed by atoms with Gasteiger partial charge in [0.05, 0.1) is 5.69 Å². The third-order valence-corrected chi connectivity index (χ3v) is 2.26. The van der Waals surface area contributed by atoms with Gasteiger partial charge in [-0.3, -0.25) is 0 Å². The molecule has 1 aromatic carbocycles. The zero-order valence-corrected chi connectivity index (χ0v) is 8.60. The molecule has 0 unspecified atom stereocenters. The monoisotopic (exact) mass is 246 g/mol. The fourth-order valence-corrected chi connectivity index (χ4v) is 1.52. The van der Waals surface area contributed by atoms with E-state index in [2.05, 4.69) is 9.97 Å². The van der Waals surface area contributed by atoms with Gasteiger partial charge in [-0.15, -0.1) is 0 Å². The van der Waals surface area contributed by atoms with Crippen LogP contribution in [0, 0.1) is 0 Å². The zero-order valence-electron chi connectivity index (χ0n) is 7.85. The summed E-state index contributed by atoms with van der Waals surface area (Å²) in [6, 6.07) is 8.48. The highest BCUT2D eigenvalue weighted by molar-refractivity contribution is 6.31. The Morgan fingerprint density at radius 2 is 1.75 bits per heavy atom. The molecule has 2 nitrogen and oxygen atoms in total. The van der Waals surface area contributed by atoms with E-state index in [9.17, 15) is 13.2 Å². The lowest BCUT2D eigenvalue weighted by Crippen LogP contribution is -2.07. The van der Waals surface area contributed by atoms with Crippen molar-refractivity contribution in [2.75, 3.05) is 0 Å². The van der Waals surface area contributed by atoms with E-state index in [1.807, 2.05) is 0 Å². The first-order valence-corrected chi connectivity index (χ1v) is 4.74. The van der Waals surface area contributed by atoms with Gasteiger partial charge in [-0.05, 0) is 0 Å². The molecule has 0 amide bonds. The average molecular weight is 247 g/mol. The quantitative estimate of drug-likeness (QED) is 0.816. The summed E-state index contributed by atoms with van der Waals surface area (Å²) < 4.78 is 37.0. The maximum atomic E-state index is 12.3. The van der Waals surface area contributed by atoms with Gasteiger partial charge in [0.2, 0.25) is 5.82 Å². The van der Waals surface area contributed by atoms with Crippen LogP contribution in [0.25, 0.3) is 11.3 Å². The summed E-state index contributed by atoms with van der Waals surface area (Å²) >= 11 is 5.64. The molecule has 0 radical (unpaired) electrons. The highest BCUT2D eigenvalue weighted by Gasteiger charge is 2.35. The molecule has 6 heteroatoms. The average Bonchev–Trinajstić information content (AvgIpc) is 2.61. The summed E-state index contributed by atoms with van der Waals surface area (Å²) in [5, 5.41) is -0.182. The molecule has 1 aromatic heterocycles. The first kappa shape index (κ1) is 11.0. The van der Waals surface area contributed by atoms with Crippen molar-refractivity contribution in [3.8, 4) is 11.3 Å². The number of H-pyrrole nitrogens is 1. The summed E-state index contributed by atoms with van der Waals surface area (Å²) in [7, 11) is 0. The Kier molecular flexibility index (Phi) is 2.63. The molecule has 0 atom stereocenters. The number of halogens is 4. The first-order valence-electron chi connectivity index (χ1n) is 4.36. The number of hydrogen-bond acceptors (Lipinski definition) is 1. The highest BCUT2D eigenvalue weighted by Crippen LogP contribution is 2.32. The maximum Gasteiger partial charge on any atom is 0.449 e. The van der Waals surface area contributed by atoms with Crippen molar-refractivity contribution < 1.29 is 13.2 Å². The van der Waals surface area contributed by atoms with Crippen LogP contribution in [0.2, 0.25) is 5.15 Å². The van der Waals surface area contributed by atoms with Crippen LogP contribution in [0.15, 0.2) is 30.3 Å². The number of hydrogen-bond donors (Lipinski definition) is 1. The number of imidazole rings is 1. The molecule has 0 saturated heterocycles. The van der Waals surface area contributed by atoms with Crippen molar-refractivity contribution >= 4 is 11.6 Å². The van der Waals surface area contributed by atoms with E-state index in [1.54, 1.807) is 30.3 Å². The summed E-state index contributed by atoms with van der Waals surface area (Å²) in [6.07, 6.45) is -4.52. The number of alkyl halides is 3. The van der Waals surface area contributed by atoms with E-state index in [4.69, 9.17) is 11.6 Å². The highest BCUT2D eigenvalue weighted by atomic mass is 35.5. The predicted octanol–water partition coefficient (Wildman–Crippen LogP) is 3.75. The van der Waals surface area contributed by atoms with Crippen LogP contribution >= 0.6 is 11.6 Å². The van der Waals surface area contributed by atoms with E-state index < -0.39 is 12.0 Å². The molecule has 16 heavy (non-hydrogen) atoms. The van der Waals surface area contributed by atoms with E-state index in [0.29, 0.717) is 5.56 Å². The molecule has 0 fully saturated rings. The number of rotatable bonds is 1. The normalized spacial score (nSPS) is 11.8. The molecule has 1 N–H and O–H groups in total. The van der Waals surface area contributed by atoms with Crippen LogP contribution in [-0.2, 0) is 6.18 Å². The smallest absolute Gasteiger partial charge is 0.333 e. The largest absolute Gasteiger partial charge is 0.449 e. The summed E-state index contributed by atoms with van der Waals surface area (Å²) in [5.74, 6) is -1.09. The number of nitrogens with one attached hydrogen (secondary N) is 1. The van der Waals surface area contributed by atoms with Crippen LogP contribution in [0.5, 0.6) is 0 Å². The number of aromatic amines is 1. The van der Waals surface area contributed by atoms with Crippen molar-refractivity contribution in [3.63, 3.8) is 0 Å². The molecule has 2 rings (SSSR count). The van der Waals surface area contributed by atoms with Gasteiger partial charge in [-0.25, -0.2) is 4.98 Å². The van der Waals surface area contributed by atoms with Gasteiger partial charge < -0.3 is 4.98 Å². The lowest BCUT2D eigenvalue weighted by atomic mass is 10.2. The third kappa shape index (κ3) is 2.04. The molecule has 0 aliphatic carbocycles. The Balaban J connectivity index is 2.48. The van der Waals surface area contributed by atoms with Crippen LogP contribution in [0.4, 0.5) is 13.2 Å². The summed E-state index contributed by atoms with van der Waals surface area (Å²) in [4.78, 5) is 5.41. The SMILES string of the molecule is FC(F)(F)c1nc(Cl)c(-c2ccccc2)[nH]1. The summed E-state index contributed by atoms with van der Waals surface area (Å²) in [5.41, 5.74) is 0.741. The number of benzene rings is 1. The minimum Gasteiger partial charge on any atom is -0.333 e. The van der Waals surface area contributed by atoms with Gasteiger partial charge in [-0.2, -0.15) is 13.2 Å². The number of aromatic nitrogens is 2. The van der Waals surface area contributed by atoms with Gasteiger partial charge in [0, 0.05) is 5.56 Å². The maximum absolute atomic E-state index is 12.3. The van der Waals surface area contributed by atoms with Crippen molar-refractivity contribution in [1.82, 2.24) is 9.97 Å². The standard InChI is InChI=1S/C10H6ClF3N2/c11-8-7(6-4-2-1-3-5-6)15-9(16-8)10(12,13)14/h1-5H,(H,15,16). The Morgan fingerprint density at radius 3 is 2.25 bits per heavy atom. The second-order valence-electron chi connectivity index (χ2n) is 3.12. The third-order valence-electron chi connectivity index (χ3n) is 1.99. The van der Waals surface area contributed by atoms with Gasteiger partial charge in [0.15, 0.2) is 5.15 Å². The first-order chi connectivity index (χ1) is 7.48. The molecular formula is C10H6ClF3N2. The van der Waals surface area contributed by atoms with Crippen molar-refractivity contribution in [3.05, 3.63) is 41.3 Å². The predicted molar refractivity (Wildman–Crippen MR) is 54.0 cm³/mol. The van der Waals surface area contributed by atoms with Gasteiger partial charge >= 0.3 is 6.18 Å². The molecular weight excluding hydrogens is 241 g/mol. The van der Waals surface area contributed by atoms with Gasteiger partial charge in [0.1, 0.15) is 0 Å². The lowest BCUT2D eigenvalue weighted by molar-refractivity contribution is -0.144. The molecule has 0 aliphatic rings. The van der Waals surface area contributed by atoms with Crippen molar-refractivity contribution in [2.45, 2.75) is 6.18 Å². The lowest BCUT2D eigenvalue weighted by Gasteiger charge is -2.00. The zero-order chi connectivity index (χ0) is 11.8. The Morgan fingerprint density at radius 1 is 1.12 bits per heavy atom. The second kappa shape index (κ2) is 3.83. The van der Waals surface area contributed by atoms with Crippen molar-refractivity contribution in [1.29, 1.82) is 0 Å². The fourth-order valence-electron chi connectivity index (χ4n) is 1.28. The Bertz CT molecular complexity index is 491. The van der Waals surface area contributed by atoms with Crippen LogP contribution in [0.1, 0.15) is 5.82 Å². The van der Waals surface area contributed by atoms with E-state index in [1.165, 1.54) is 0 Å². The van der Waals surface area contributed by atoms with E-state index >= 15 is 0 Å². The molecule has 0 aliphatic heterocycles. The molecule has 2 aromatic rings. The van der Waals surface area contributed by atoms with Crippen LogP contribution in [-0.4, -0.2) is 9.97 Å². The van der Waals surface area contributed by atoms with Gasteiger partial charge in [0.25, 0.3) is 0 Å². The molecule has 0 saturated carbocycles. The Hall–Kier alpha value is -1.49. The minimum absolute atomic E-state index is 0.176. The molecule has 1 heterocycles. The fraction of sp³-hybridized carbons (Fsp3) is 0.100. The van der Waals surface area contributed by atoms with Crippen molar-refractivity contribution in [2.24, 2.45) is 0 Å². The molecule has 0 bridgehead atoms. The molecule has 0 spiro atoms. The van der Waals surface area contributed by atoms with Crippen LogP contribution < -0.4 is 0 Å². The number of nitrogens with zero attached hydrogens (tertiary/aromatic N) is 1. The topological polar surface area (TPSA) is 28.7 Å². The minimum atomic E-state index is -4.52. The Labute approximate surface area is 94.1 Å². The van der Waals surface area contributed by atoms with E-state index in [-0.39, 0.29) is 10.8 Å². The summed E-state index contributed by atoms with van der Waals surface area (Å²) in [6.45, 7) is 0. The van der Waals surface area contributed by atoms with E-state index in [0.717, 1.165) is 0 Å². The second-order valence-corrected chi connectivity index (χ2v) is 3.47. The van der Waals surface area contributed by atoms with Gasteiger partial charge in [-0.1, -0.05) is 41.9 Å².